The van der Waals surface area contributed by atoms with Gasteiger partial charge in [-0.3, -0.25) is 0 Å². The van der Waals surface area contributed by atoms with Crippen LogP contribution in [0.25, 0.3) is 10.1 Å². The van der Waals surface area contributed by atoms with Gasteiger partial charge in [0.25, 0.3) is 0 Å². The van der Waals surface area contributed by atoms with Gasteiger partial charge in [0.1, 0.15) is 0 Å². The molecule has 3 aliphatic rings. The molecule has 3 fully saturated rings. The van der Waals surface area contributed by atoms with Crippen LogP contribution in [0.4, 0.5) is 0 Å². The lowest BCUT2D eigenvalue weighted by Gasteiger charge is -2.39. The summed E-state index contributed by atoms with van der Waals surface area (Å²) < 4.78 is 1.32. The highest BCUT2D eigenvalue weighted by Crippen LogP contribution is 2.65. The average Bonchev–Trinajstić information content (AvgIpc) is 3.18. The number of benzene rings is 1. The van der Waals surface area contributed by atoms with Crippen molar-refractivity contribution < 1.29 is 5.11 Å². The SMILES string of the molecule is OC1(c2cccc3ccsc23)CC2CC1C1CCCC21. The van der Waals surface area contributed by atoms with Crippen LogP contribution in [0.2, 0.25) is 0 Å². The molecule has 1 aromatic heterocycles. The van der Waals surface area contributed by atoms with Crippen LogP contribution in [0.1, 0.15) is 37.7 Å². The molecule has 1 nitrogen and oxygen atoms in total. The van der Waals surface area contributed by atoms with Gasteiger partial charge < -0.3 is 5.11 Å². The van der Waals surface area contributed by atoms with Crippen molar-refractivity contribution in [3.8, 4) is 0 Å². The highest BCUT2D eigenvalue weighted by molar-refractivity contribution is 7.17. The summed E-state index contributed by atoms with van der Waals surface area (Å²) in [5.74, 6) is 3.04. The van der Waals surface area contributed by atoms with Crippen molar-refractivity contribution >= 4 is 21.4 Å². The van der Waals surface area contributed by atoms with Crippen molar-refractivity contribution in [2.75, 3.05) is 0 Å². The summed E-state index contributed by atoms with van der Waals surface area (Å²) in [7, 11) is 0. The van der Waals surface area contributed by atoms with E-state index in [1.54, 1.807) is 11.3 Å². The van der Waals surface area contributed by atoms with Gasteiger partial charge in [0, 0.05) is 10.3 Å². The maximum absolute atomic E-state index is 11.5. The summed E-state index contributed by atoms with van der Waals surface area (Å²) in [6.07, 6.45) is 6.45. The van der Waals surface area contributed by atoms with Crippen molar-refractivity contribution in [1.29, 1.82) is 0 Å². The van der Waals surface area contributed by atoms with Crippen molar-refractivity contribution in [2.45, 2.75) is 37.7 Å². The van der Waals surface area contributed by atoms with Gasteiger partial charge in [-0.2, -0.15) is 0 Å². The Morgan fingerprint density at radius 1 is 1.15 bits per heavy atom. The van der Waals surface area contributed by atoms with E-state index in [1.165, 1.54) is 41.3 Å². The lowest BCUT2D eigenvalue weighted by atomic mass is 9.70. The lowest BCUT2D eigenvalue weighted by Crippen LogP contribution is -2.39. The molecule has 1 N–H and O–H groups in total. The van der Waals surface area contributed by atoms with Crippen LogP contribution in [0.3, 0.4) is 0 Å². The molecule has 2 aromatic rings. The normalized spacial score (nSPS) is 42.5. The molecule has 0 aliphatic heterocycles. The van der Waals surface area contributed by atoms with Crippen LogP contribution >= 0.6 is 11.3 Å². The van der Waals surface area contributed by atoms with Crippen LogP contribution < -0.4 is 0 Å². The Bertz CT molecular complexity index is 675. The van der Waals surface area contributed by atoms with Crippen LogP contribution in [0, 0.1) is 23.7 Å². The maximum atomic E-state index is 11.5. The fourth-order valence-corrected chi connectivity index (χ4v) is 6.75. The minimum Gasteiger partial charge on any atom is -0.385 e. The Balaban J connectivity index is 1.66. The van der Waals surface area contributed by atoms with Gasteiger partial charge in [0.05, 0.1) is 5.60 Å². The third-order valence-corrected chi connectivity index (χ3v) is 7.40. The second-order valence-corrected chi connectivity index (χ2v) is 8.05. The first-order valence-corrected chi connectivity index (χ1v) is 8.84. The molecule has 5 rings (SSSR count). The minimum atomic E-state index is -0.541. The van der Waals surface area contributed by atoms with Crippen molar-refractivity contribution in [1.82, 2.24) is 0 Å². The number of rotatable bonds is 1. The Hall–Kier alpha value is -0.860. The smallest absolute Gasteiger partial charge is 0.0943 e. The molecule has 0 saturated heterocycles. The van der Waals surface area contributed by atoms with Crippen LogP contribution in [0.5, 0.6) is 0 Å². The van der Waals surface area contributed by atoms with Gasteiger partial charge in [-0.25, -0.2) is 0 Å². The molecular formula is C18H20OS. The zero-order valence-corrected chi connectivity index (χ0v) is 12.4. The third kappa shape index (κ3) is 1.32. The van der Waals surface area contributed by atoms with Gasteiger partial charge in [-0.15, -0.1) is 11.3 Å². The summed E-state index contributed by atoms with van der Waals surface area (Å²) >= 11 is 1.79. The van der Waals surface area contributed by atoms with Gasteiger partial charge >= 0.3 is 0 Å². The number of thiophene rings is 1. The molecule has 2 heteroatoms. The van der Waals surface area contributed by atoms with E-state index in [1.807, 2.05) is 0 Å². The molecule has 0 spiro atoms. The van der Waals surface area contributed by atoms with Gasteiger partial charge in [0.15, 0.2) is 0 Å². The number of hydrogen-bond donors (Lipinski definition) is 1. The van der Waals surface area contributed by atoms with Crippen molar-refractivity contribution in [2.24, 2.45) is 23.7 Å². The molecule has 5 unspecified atom stereocenters. The molecule has 20 heavy (non-hydrogen) atoms. The summed E-state index contributed by atoms with van der Waals surface area (Å²) in [6, 6.07) is 8.66. The third-order valence-electron chi connectivity index (χ3n) is 6.44. The van der Waals surface area contributed by atoms with E-state index < -0.39 is 5.60 Å². The predicted molar refractivity (Wildman–Crippen MR) is 82.8 cm³/mol. The van der Waals surface area contributed by atoms with Crippen LogP contribution in [-0.4, -0.2) is 5.11 Å². The molecule has 5 atom stereocenters. The fraction of sp³-hybridized carbons (Fsp3) is 0.556. The molecule has 3 aliphatic carbocycles. The van der Waals surface area contributed by atoms with E-state index in [-0.39, 0.29) is 0 Å². The highest BCUT2D eigenvalue weighted by Gasteiger charge is 2.61. The highest BCUT2D eigenvalue weighted by atomic mass is 32.1. The Morgan fingerprint density at radius 2 is 2.05 bits per heavy atom. The quantitative estimate of drug-likeness (QED) is 0.815. The average molecular weight is 284 g/mol. The largest absolute Gasteiger partial charge is 0.385 e. The predicted octanol–water partition coefficient (Wildman–Crippen LogP) is 4.55. The first-order chi connectivity index (χ1) is 9.77. The molecule has 104 valence electrons. The number of hydrogen-bond acceptors (Lipinski definition) is 2. The van der Waals surface area contributed by atoms with Crippen LogP contribution in [-0.2, 0) is 5.60 Å². The summed E-state index contributed by atoms with van der Waals surface area (Å²) in [4.78, 5) is 0. The summed E-state index contributed by atoms with van der Waals surface area (Å²) in [5.41, 5.74) is 0.684. The molecular weight excluding hydrogens is 264 g/mol. The number of aliphatic hydroxyl groups is 1. The zero-order valence-electron chi connectivity index (χ0n) is 11.6. The molecule has 0 amide bonds. The molecule has 2 bridgehead atoms. The van der Waals surface area contributed by atoms with E-state index in [4.69, 9.17) is 0 Å². The minimum absolute atomic E-state index is 0.521. The van der Waals surface area contributed by atoms with E-state index in [0.29, 0.717) is 5.92 Å². The lowest BCUT2D eigenvalue weighted by molar-refractivity contribution is -0.0499. The number of fused-ring (bicyclic) bond motifs is 6. The first-order valence-electron chi connectivity index (χ1n) is 7.96. The van der Waals surface area contributed by atoms with E-state index in [2.05, 4.69) is 29.6 Å². The van der Waals surface area contributed by atoms with Gasteiger partial charge in [-0.1, -0.05) is 24.6 Å². The Labute approximate surface area is 123 Å². The van der Waals surface area contributed by atoms with E-state index >= 15 is 0 Å². The van der Waals surface area contributed by atoms with E-state index in [9.17, 15) is 5.11 Å². The summed E-state index contributed by atoms with van der Waals surface area (Å²) in [6.45, 7) is 0. The monoisotopic (exact) mass is 284 g/mol. The second-order valence-electron chi connectivity index (χ2n) is 7.13. The fourth-order valence-electron chi connectivity index (χ4n) is 5.76. The zero-order chi connectivity index (χ0) is 13.3. The molecule has 1 heterocycles. The van der Waals surface area contributed by atoms with Crippen LogP contribution in [0.15, 0.2) is 29.6 Å². The van der Waals surface area contributed by atoms with Gasteiger partial charge in [0.2, 0.25) is 0 Å². The Morgan fingerprint density at radius 3 is 3.00 bits per heavy atom. The van der Waals surface area contributed by atoms with Gasteiger partial charge in [-0.05, 0) is 66.2 Å². The molecule has 1 aromatic carbocycles. The molecule has 3 saturated carbocycles. The first kappa shape index (κ1) is 11.8. The summed E-state index contributed by atoms with van der Waals surface area (Å²) in [5, 5.41) is 15.0. The Kier molecular flexibility index (Phi) is 2.27. The molecule has 0 radical (unpaired) electrons. The van der Waals surface area contributed by atoms with E-state index in [0.717, 1.165) is 24.2 Å². The van der Waals surface area contributed by atoms with Crippen molar-refractivity contribution in [3.05, 3.63) is 35.2 Å². The maximum Gasteiger partial charge on any atom is 0.0943 e. The second kappa shape index (κ2) is 3.86. The topological polar surface area (TPSA) is 20.2 Å². The van der Waals surface area contributed by atoms with Crippen molar-refractivity contribution in [3.63, 3.8) is 0 Å². The standard InChI is InChI=1S/C18H20OS/c19-18(15-6-1-3-11-7-8-20-17(11)15)10-12-9-16(18)14-5-2-4-13(12)14/h1,3,6-8,12-14,16,19H,2,4-5,9-10H2.